The molecule has 5 heteroatoms. The molecule has 1 aromatic rings. The summed E-state index contributed by atoms with van der Waals surface area (Å²) in [7, 11) is 0. The maximum Gasteiger partial charge on any atom is 0.229 e. The van der Waals surface area contributed by atoms with Crippen molar-refractivity contribution in [1.82, 2.24) is 5.32 Å². The van der Waals surface area contributed by atoms with Crippen LogP contribution in [0.15, 0.2) is 24.3 Å². The van der Waals surface area contributed by atoms with Gasteiger partial charge in [-0.1, -0.05) is 18.2 Å². The molecule has 0 saturated heterocycles. The molecule has 3 N–H and O–H groups in total. The van der Waals surface area contributed by atoms with Crippen LogP contribution in [0.2, 0.25) is 0 Å². The fourth-order valence-electron chi connectivity index (χ4n) is 2.19. The van der Waals surface area contributed by atoms with Gasteiger partial charge >= 0.3 is 0 Å². The quantitative estimate of drug-likeness (QED) is 0.634. The summed E-state index contributed by atoms with van der Waals surface area (Å²) in [6, 6.07) is 7.90. The van der Waals surface area contributed by atoms with Crippen LogP contribution in [-0.2, 0) is 9.53 Å². The van der Waals surface area contributed by atoms with Crippen molar-refractivity contribution in [3.8, 4) is 0 Å². The van der Waals surface area contributed by atoms with Gasteiger partial charge in [-0.25, -0.2) is 0 Å². The van der Waals surface area contributed by atoms with Crippen LogP contribution in [0.3, 0.4) is 0 Å². The second-order valence-corrected chi connectivity index (χ2v) is 4.50. The predicted octanol–water partition coefficient (Wildman–Crippen LogP) is 0.711. The van der Waals surface area contributed by atoms with Gasteiger partial charge in [0.1, 0.15) is 0 Å². The minimum Gasteiger partial charge on any atom is -0.394 e. The molecule has 0 aliphatic carbocycles. The molecule has 1 unspecified atom stereocenters. The van der Waals surface area contributed by atoms with E-state index < -0.39 is 0 Å². The Kier molecular flexibility index (Phi) is 5.18. The first-order chi connectivity index (χ1) is 9.33. The number of ether oxygens (including phenoxy) is 1. The van der Waals surface area contributed by atoms with Gasteiger partial charge < -0.3 is 20.5 Å². The van der Waals surface area contributed by atoms with Crippen LogP contribution in [0.5, 0.6) is 0 Å². The predicted molar refractivity (Wildman–Crippen MR) is 73.2 cm³/mol. The number of hydrogen-bond acceptors (Lipinski definition) is 4. The number of aliphatic hydroxyl groups is 1. The fourth-order valence-corrected chi connectivity index (χ4v) is 2.19. The third-order valence-electron chi connectivity index (χ3n) is 3.15. The summed E-state index contributed by atoms with van der Waals surface area (Å²) in [6.45, 7) is 2.21. The van der Waals surface area contributed by atoms with E-state index in [1.54, 1.807) is 0 Å². The third-order valence-corrected chi connectivity index (χ3v) is 3.15. The molecule has 5 nitrogen and oxygen atoms in total. The fraction of sp³-hybridized carbons (Fsp3) is 0.500. The number of rotatable bonds is 7. The minimum absolute atomic E-state index is 0.0386. The van der Waals surface area contributed by atoms with Crippen LogP contribution < -0.4 is 10.6 Å². The SMILES string of the molecule is O=C(NCCCOCCO)C1CNc2ccccc21. The number of nitrogens with one attached hydrogen (secondary N) is 2. The van der Waals surface area contributed by atoms with E-state index in [1.165, 1.54) is 0 Å². The van der Waals surface area contributed by atoms with Crippen molar-refractivity contribution in [1.29, 1.82) is 0 Å². The molecule has 0 aromatic heterocycles. The Hall–Kier alpha value is -1.59. The molecule has 0 fully saturated rings. The number of carbonyl (C=O) groups excluding carboxylic acids is 1. The number of anilines is 1. The van der Waals surface area contributed by atoms with E-state index in [0.29, 0.717) is 26.3 Å². The zero-order valence-corrected chi connectivity index (χ0v) is 10.9. The first-order valence-electron chi connectivity index (χ1n) is 6.62. The second kappa shape index (κ2) is 7.11. The molecule has 0 saturated carbocycles. The topological polar surface area (TPSA) is 70.6 Å². The van der Waals surface area contributed by atoms with Crippen LogP contribution in [0.25, 0.3) is 0 Å². The average Bonchev–Trinajstić information content (AvgIpc) is 2.86. The Morgan fingerprint density at radius 2 is 2.26 bits per heavy atom. The lowest BCUT2D eigenvalue weighted by molar-refractivity contribution is -0.122. The molecule has 0 radical (unpaired) electrons. The largest absolute Gasteiger partial charge is 0.394 e. The van der Waals surface area contributed by atoms with Crippen molar-refractivity contribution in [3.63, 3.8) is 0 Å². The van der Waals surface area contributed by atoms with Gasteiger partial charge in [-0.2, -0.15) is 0 Å². The van der Waals surface area contributed by atoms with Gasteiger partial charge in [-0.05, 0) is 18.1 Å². The van der Waals surface area contributed by atoms with E-state index in [2.05, 4.69) is 10.6 Å². The van der Waals surface area contributed by atoms with Gasteiger partial charge in [-0.15, -0.1) is 0 Å². The summed E-state index contributed by atoms with van der Waals surface area (Å²) in [5.41, 5.74) is 2.12. The normalized spacial score (nSPS) is 16.8. The van der Waals surface area contributed by atoms with E-state index in [-0.39, 0.29) is 18.4 Å². The molecular formula is C14H20N2O3. The van der Waals surface area contributed by atoms with Crippen LogP contribution in [-0.4, -0.2) is 43.9 Å². The lowest BCUT2D eigenvalue weighted by Gasteiger charge is -2.11. The lowest BCUT2D eigenvalue weighted by Crippen LogP contribution is -2.31. The van der Waals surface area contributed by atoms with Crippen molar-refractivity contribution in [3.05, 3.63) is 29.8 Å². The van der Waals surface area contributed by atoms with Crippen LogP contribution >= 0.6 is 0 Å². The van der Waals surface area contributed by atoms with Gasteiger partial charge in [0.25, 0.3) is 0 Å². The molecule has 1 amide bonds. The number of aliphatic hydroxyl groups excluding tert-OH is 1. The van der Waals surface area contributed by atoms with Crippen LogP contribution in [0.1, 0.15) is 17.9 Å². The van der Waals surface area contributed by atoms with Gasteiger partial charge in [0, 0.05) is 25.4 Å². The van der Waals surface area contributed by atoms with E-state index in [1.807, 2.05) is 24.3 Å². The van der Waals surface area contributed by atoms with Crippen molar-refractivity contribution in [2.24, 2.45) is 0 Å². The lowest BCUT2D eigenvalue weighted by atomic mass is 10.0. The van der Waals surface area contributed by atoms with Crippen molar-refractivity contribution in [2.45, 2.75) is 12.3 Å². The van der Waals surface area contributed by atoms with E-state index >= 15 is 0 Å². The number of benzene rings is 1. The summed E-state index contributed by atoms with van der Waals surface area (Å²) < 4.78 is 5.13. The molecule has 2 rings (SSSR count). The first kappa shape index (κ1) is 13.8. The molecule has 1 aliphatic heterocycles. The molecule has 104 valence electrons. The van der Waals surface area contributed by atoms with Gasteiger partial charge in [0.15, 0.2) is 0 Å². The summed E-state index contributed by atoms with van der Waals surface area (Å²) in [6.07, 6.45) is 0.757. The maximum atomic E-state index is 12.1. The molecule has 1 heterocycles. The number of para-hydroxylation sites is 1. The van der Waals surface area contributed by atoms with Crippen molar-refractivity contribution in [2.75, 3.05) is 38.2 Å². The summed E-state index contributed by atoms with van der Waals surface area (Å²) in [5, 5.41) is 14.7. The standard InChI is InChI=1S/C14H20N2O3/c17-7-9-19-8-3-6-15-14(18)12-10-16-13-5-2-1-4-11(12)13/h1-2,4-5,12,16-17H,3,6-10H2,(H,15,18). The highest BCUT2D eigenvalue weighted by atomic mass is 16.5. The zero-order chi connectivity index (χ0) is 13.5. The molecule has 1 aromatic carbocycles. The first-order valence-corrected chi connectivity index (χ1v) is 6.62. The maximum absolute atomic E-state index is 12.1. The van der Waals surface area contributed by atoms with Gasteiger partial charge in [-0.3, -0.25) is 4.79 Å². The molecular weight excluding hydrogens is 244 g/mol. The molecule has 0 bridgehead atoms. The Bertz CT molecular complexity index is 423. The molecule has 1 atom stereocenters. The second-order valence-electron chi connectivity index (χ2n) is 4.50. The molecule has 0 spiro atoms. The number of amides is 1. The van der Waals surface area contributed by atoms with Crippen LogP contribution in [0, 0.1) is 0 Å². The highest BCUT2D eigenvalue weighted by molar-refractivity contribution is 5.88. The molecule has 19 heavy (non-hydrogen) atoms. The van der Waals surface area contributed by atoms with E-state index in [0.717, 1.165) is 17.7 Å². The summed E-state index contributed by atoms with van der Waals surface area (Å²) >= 11 is 0. The smallest absolute Gasteiger partial charge is 0.229 e. The van der Waals surface area contributed by atoms with Gasteiger partial charge in [0.05, 0.1) is 19.1 Å². The Balaban J connectivity index is 1.73. The summed E-state index contributed by atoms with van der Waals surface area (Å²) in [4.78, 5) is 12.1. The third kappa shape index (κ3) is 3.68. The van der Waals surface area contributed by atoms with Crippen LogP contribution in [0.4, 0.5) is 5.69 Å². The van der Waals surface area contributed by atoms with E-state index in [9.17, 15) is 4.79 Å². The van der Waals surface area contributed by atoms with Crippen molar-refractivity contribution >= 4 is 11.6 Å². The number of hydrogen-bond donors (Lipinski definition) is 3. The Morgan fingerprint density at radius 3 is 3.11 bits per heavy atom. The highest BCUT2D eigenvalue weighted by Crippen LogP contribution is 2.30. The molecule has 1 aliphatic rings. The van der Waals surface area contributed by atoms with Gasteiger partial charge in [0.2, 0.25) is 5.91 Å². The number of fused-ring (bicyclic) bond motifs is 1. The summed E-state index contributed by atoms with van der Waals surface area (Å²) in [5.74, 6) is -0.0471. The van der Waals surface area contributed by atoms with E-state index in [4.69, 9.17) is 9.84 Å². The Labute approximate surface area is 113 Å². The Morgan fingerprint density at radius 1 is 1.42 bits per heavy atom. The highest BCUT2D eigenvalue weighted by Gasteiger charge is 2.27. The monoisotopic (exact) mass is 264 g/mol. The minimum atomic E-state index is -0.102. The number of carbonyl (C=O) groups is 1. The average molecular weight is 264 g/mol. The van der Waals surface area contributed by atoms with Crippen molar-refractivity contribution < 1.29 is 14.6 Å². The zero-order valence-electron chi connectivity index (χ0n) is 10.9.